The van der Waals surface area contributed by atoms with Gasteiger partial charge in [0.25, 0.3) is 5.91 Å². The van der Waals surface area contributed by atoms with E-state index in [9.17, 15) is 14.4 Å². The van der Waals surface area contributed by atoms with Crippen LogP contribution in [-0.4, -0.2) is 31.0 Å². The van der Waals surface area contributed by atoms with Gasteiger partial charge in [0, 0.05) is 0 Å². The number of hydrogen-bond acceptors (Lipinski definition) is 7. The van der Waals surface area contributed by atoms with Crippen molar-refractivity contribution in [2.45, 2.75) is 19.1 Å². The van der Waals surface area contributed by atoms with Crippen LogP contribution < -0.4 is 19.4 Å². The summed E-state index contributed by atoms with van der Waals surface area (Å²) >= 11 is 0. The van der Waals surface area contributed by atoms with Crippen LogP contribution in [0, 0.1) is 12.8 Å². The van der Waals surface area contributed by atoms with Gasteiger partial charge in [-0.05, 0) is 66.6 Å². The topological polar surface area (TPSA) is 85.4 Å². The van der Waals surface area contributed by atoms with Crippen LogP contribution in [-0.2, 0) is 14.4 Å². The molecule has 6 rings (SSSR count). The Labute approximate surface area is 231 Å². The van der Waals surface area contributed by atoms with Gasteiger partial charge in [0.2, 0.25) is 5.91 Å². The number of aryl methyl sites for hydroxylation is 1. The van der Waals surface area contributed by atoms with Crippen molar-refractivity contribution in [3.05, 3.63) is 120 Å². The van der Waals surface area contributed by atoms with Crippen molar-refractivity contribution in [2.75, 3.05) is 17.1 Å². The van der Waals surface area contributed by atoms with Gasteiger partial charge in [-0.3, -0.25) is 14.4 Å². The van der Waals surface area contributed by atoms with Crippen molar-refractivity contribution >= 4 is 29.2 Å². The first-order chi connectivity index (χ1) is 19.5. The summed E-state index contributed by atoms with van der Waals surface area (Å²) in [7, 11) is 1.48. The first-order valence-electron chi connectivity index (χ1n) is 12.9. The molecule has 0 aromatic heterocycles. The lowest BCUT2D eigenvalue weighted by Crippen LogP contribution is -2.37. The third-order valence-electron chi connectivity index (χ3n) is 7.13. The summed E-state index contributed by atoms with van der Waals surface area (Å²) in [6.07, 6.45) is -1.00. The van der Waals surface area contributed by atoms with Gasteiger partial charge in [0.05, 0.1) is 30.1 Å². The zero-order valence-corrected chi connectivity index (χ0v) is 21.9. The SMILES string of the molecule is COc1cc([C@@H]2[C@@H]3C(=O)N(c4cccc(C)c4)C(=O)[C@@H]3ON2c2ccccc2)ccc1OC(=O)c1ccccc1. The second-order valence-electron chi connectivity index (χ2n) is 9.67. The number of ether oxygens (including phenoxy) is 2. The van der Waals surface area contributed by atoms with Crippen LogP contribution in [0.15, 0.2) is 103 Å². The van der Waals surface area contributed by atoms with Gasteiger partial charge in [-0.2, -0.15) is 0 Å². The Kier molecular flexibility index (Phi) is 6.53. The number of benzene rings is 4. The van der Waals surface area contributed by atoms with Crippen LogP contribution >= 0.6 is 0 Å². The van der Waals surface area contributed by atoms with E-state index in [4.69, 9.17) is 14.3 Å². The molecule has 0 aliphatic carbocycles. The van der Waals surface area contributed by atoms with E-state index in [0.717, 1.165) is 5.56 Å². The predicted molar refractivity (Wildman–Crippen MR) is 148 cm³/mol. The molecule has 2 fully saturated rings. The highest BCUT2D eigenvalue weighted by molar-refractivity contribution is 6.24. The molecule has 3 atom stereocenters. The maximum Gasteiger partial charge on any atom is 0.343 e. The number of methoxy groups -OCH3 is 1. The third kappa shape index (κ3) is 4.38. The fourth-order valence-electron chi connectivity index (χ4n) is 5.26. The fourth-order valence-corrected chi connectivity index (χ4v) is 5.26. The van der Waals surface area contributed by atoms with E-state index >= 15 is 0 Å². The van der Waals surface area contributed by atoms with Crippen molar-refractivity contribution in [1.82, 2.24) is 0 Å². The highest BCUT2D eigenvalue weighted by Gasteiger charge is 2.60. The molecule has 4 aromatic carbocycles. The largest absolute Gasteiger partial charge is 0.493 e. The van der Waals surface area contributed by atoms with E-state index < -0.39 is 29.9 Å². The number of hydrogen-bond donors (Lipinski definition) is 0. The molecule has 8 heteroatoms. The highest BCUT2D eigenvalue weighted by Crippen LogP contribution is 2.48. The van der Waals surface area contributed by atoms with Crippen molar-refractivity contribution in [2.24, 2.45) is 5.92 Å². The fraction of sp³-hybridized carbons (Fsp3) is 0.156. The number of nitrogens with zero attached hydrogens (tertiary/aromatic N) is 2. The Morgan fingerprint density at radius 3 is 2.17 bits per heavy atom. The standard InChI is InChI=1S/C32H26N2O6/c1-20-10-9-15-24(18-20)33-30(35)27-28(34(40-29(27)31(33)36)23-13-7-4-8-14-23)22-16-17-25(26(19-22)38-2)39-32(37)21-11-5-3-6-12-21/h3-19,27-29H,1-2H3/t27-,28+,29+/m0/s1. The molecule has 2 heterocycles. The number of para-hydroxylation sites is 1. The van der Waals surface area contributed by atoms with Gasteiger partial charge < -0.3 is 9.47 Å². The number of rotatable bonds is 6. The molecule has 40 heavy (non-hydrogen) atoms. The van der Waals surface area contributed by atoms with Crippen molar-refractivity contribution in [1.29, 1.82) is 0 Å². The lowest BCUT2D eigenvalue weighted by molar-refractivity contribution is -0.126. The van der Waals surface area contributed by atoms with E-state index in [0.29, 0.717) is 28.3 Å². The van der Waals surface area contributed by atoms with Gasteiger partial charge in [0.15, 0.2) is 17.6 Å². The quantitative estimate of drug-likeness (QED) is 0.189. The molecule has 2 amide bonds. The molecular formula is C32H26N2O6. The van der Waals surface area contributed by atoms with Crippen LogP contribution in [0.1, 0.15) is 27.5 Å². The van der Waals surface area contributed by atoms with E-state index in [1.165, 1.54) is 12.0 Å². The zero-order valence-electron chi connectivity index (χ0n) is 21.9. The van der Waals surface area contributed by atoms with Gasteiger partial charge in [0.1, 0.15) is 5.92 Å². The van der Waals surface area contributed by atoms with Crippen LogP contribution in [0.3, 0.4) is 0 Å². The predicted octanol–water partition coefficient (Wildman–Crippen LogP) is 5.27. The molecule has 8 nitrogen and oxygen atoms in total. The molecule has 0 spiro atoms. The molecule has 0 unspecified atom stereocenters. The molecule has 2 aliphatic rings. The molecular weight excluding hydrogens is 508 g/mol. The van der Waals surface area contributed by atoms with Crippen LogP contribution in [0.5, 0.6) is 11.5 Å². The third-order valence-corrected chi connectivity index (χ3v) is 7.13. The zero-order chi connectivity index (χ0) is 27.8. The van der Waals surface area contributed by atoms with E-state index in [1.54, 1.807) is 59.7 Å². The minimum atomic E-state index is -1.00. The first-order valence-corrected chi connectivity index (χ1v) is 12.9. The molecule has 200 valence electrons. The number of carbonyl (C=O) groups excluding carboxylic acids is 3. The monoisotopic (exact) mass is 534 g/mol. The van der Waals surface area contributed by atoms with Gasteiger partial charge >= 0.3 is 5.97 Å². The van der Waals surface area contributed by atoms with Gasteiger partial charge in [-0.1, -0.05) is 54.6 Å². The van der Waals surface area contributed by atoms with Crippen molar-refractivity contribution in [3.8, 4) is 11.5 Å². The van der Waals surface area contributed by atoms with Crippen LogP contribution in [0.25, 0.3) is 0 Å². The maximum absolute atomic E-state index is 13.9. The molecule has 0 radical (unpaired) electrons. The summed E-state index contributed by atoms with van der Waals surface area (Å²) in [5, 5.41) is 1.61. The Balaban J connectivity index is 1.38. The first kappa shape index (κ1) is 25.3. The smallest absolute Gasteiger partial charge is 0.343 e. The minimum Gasteiger partial charge on any atom is -0.493 e. The van der Waals surface area contributed by atoms with Crippen molar-refractivity contribution in [3.63, 3.8) is 0 Å². The maximum atomic E-state index is 13.9. The summed E-state index contributed by atoms with van der Waals surface area (Å²) in [4.78, 5) is 47.6. The van der Waals surface area contributed by atoms with Crippen LogP contribution in [0.4, 0.5) is 11.4 Å². The number of fused-ring (bicyclic) bond motifs is 1. The summed E-state index contributed by atoms with van der Waals surface area (Å²) in [5.41, 5.74) is 3.22. The summed E-state index contributed by atoms with van der Waals surface area (Å²) in [6, 6.07) is 29.7. The van der Waals surface area contributed by atoms with Crippen LogP contribution in [0.2, 0.25) is 0 Å². The van der Waals surface area contributed by atoms with Crippen molar-refractivity contribution < 1.29 is 28.7 Å². The molecule has 0 bridgehead atoms. The second kappa shape index (κ2) is 10.3. The summed E-state index contributed by atoms with van der Waals surface area (Å²) < 4.78 is 11.2. The average molecular weight is 535 g/mol. The number of esters is 1. The molecule has 0 N–H and O–H groups in total. The Bertz CT molecular complexity index is 1590. The normalized spacial score (nSPS) is 20.0. The van der Waals surface area contributed by atoms with E-state index in [-0.39, 0.29) is 11.7 Å². The molecule has 2 saturated heterocycles. The number of anilines is 2. The Morgan fingerprint density at radius 1 is 0.775 bits per heavy atom. The highest BCUT2D eigenvalue weighted by atomic mass is 16.7. The molecule has 2 aliphatic heterocycles. The number of hydroxylamine groups is 1. The lowest BCUT2D eigenvalue weighted by Gasteiger charge is -2.29. The van der Waals surface area contributed by atoms with E-state index in [1.807, 2.05) is 55.5 Å². The molecule has 0 saturated carbocycles. The van der Waals surface area contributed by atoms with Gasteiger partial charge in [-0.15, -0.1) is 0 Å². The number of amides is 2. The Hall–Kier alpha value is -4.95. The van der Waals surface area contributed by atoms with Gasteiger partial charge in [-0.25, -0.2) is 14.8 Å². The molecule has 4 aromatic rings. The second-order valence-corrected chi connectivity index (χ2v) is 9.67. The summed E-state index contributed by atoms with van der Waals surface area (Å²) in [5.74, 6) is -1.54. The minimum absolute atomic E-state index is 0.233. The lowest BCUT2D eigenvalue weighted by atomic mass is 9.90. The number of imide groups is 1. The average Bonchev–Trinajstić information content (AvgIpc) is 3.49. The Morgan fingerprint density at radius 2 is 1.48 bits per heavy atom. The van der Waals surface area contributed by atoms with E-state index in [2.05, 4.69) is 0 Å². The number of carbonyl (C=O) groups is 3. The summed E-state index contributed by atoms with van der Waals surface area (Å²) in [6.45, 7) is 1.91.